The molecule has 0 bridgehead atoms. The Kier molecular flexibility index (Phi) is 2.82. The van der Waals surface area contributed by atoms with Crippen LogP contribution in [0.1, 0.15) is 33.6 Å². The number of H-pyrrole nitrogens is 1. The molecule has 1 aromatic carbocycles. The summed E-state index contributed by atoms with van der Waals surface area (Å²) in [5, 5.41) is 7.28. The fraction of sp³-hybridized carbons (Fsp3) is 0.357. The van der Waals surface area contributed by atoms with Gasteiger partial charge in [0.25, 0.3) is 0 Å². The minimum absolute atomic E-state index is 0.919. The highest BCUT2D eigenvalue weighted by Crippen LogP contribution is 2.19. The van der Waals surface area contributed by atoms with Crippen LogP contribution in [0.25, 0.3) is 0 Å². The first kappa shape index (κ1) is 10.9. The molecule has 0 unspecified atom stereocenters. The van der Waals surface area contributed by atoms with Gasteiger partial charge in [-0.3, -0.25) is 5.10 Å². The van der Waals surface area contributed by atoms with Crippen LogP contribution in [0.5, 0.6) is 0 Å². The molecule has 0 aliphatic carbocycles. The predicted molar refractivity (Wildman–Crippen MR) is 66.8 cm³/mol. The van der Waals surface area contributed by atoms with E-state index in [2.05, 4.69) is 49.2 Å². The topological polar surface area (TPSA) is 28.7 Å². The summed E-state index contributed by atoms with van der Waals surface area (Å²) < 4.78 is 0. The van der Waals surface area contributed by atoms with Crippen molar-refractivity contribution in [2.24, 2.45) is 0 Å². The molecule has 84 valence electrons. The summed E-state index contributed by atoms with van der Waals surface area (Å²) in [5.74, 6) is 0. The minimum Gasteiger partial charge on any atom is -0.283 e. The Balaban J connectivity index is 2.34. The molecule has 0 radical (unpaired) electrons. The molecule has 0 saturated carbocycles. The van der Waals surface area contributed by atoms with Crippen LogP contribution in [-0.4, -0.2) is 10.2 Å². The number of aryl methyl sites for hydroxylation is 4. The van der Waals surface area contributed by atoms with Gasteiger partial charge in [-0.05, 0) is 50.5 Å². The van der Waals surface area contributed by atoms with Gasteiger partial charge >= 0.3 is 0 Å². The number of nitrogens with one attached hydrogen (secondary N) is 1. The van der Waals surface area contributed by atoms with Crippen molar-refractivity contribution in [1.82, 2.24) is 10.2 Å². The van der Waals surface area contributed by atoms with Crippen LogP contribution in [0, 0.1) is 27.7 Å². The molecule has 1 aromatic heterocycles. The summed E-state index contributed by atoms with van der Waals surface area (Å²) in [4.78, 5) is 0. The highest BCUT2D eigenvalue weighted by molar-refractivity contribution is 5.39. The zero-order valence-electron chi connectivity index (χ0n) is 10.4. The molecule has 2 aromatic rings. The van der Waals surface area contributed by atoms with Crippen molar-refractivity contribution in [3.8, 4) is 0 Å². The van der Waals surface area contributed by atoms with Crippen LogP contribution >= 0.6 is 0 Å². The van der Waals surface area contributed by atoms with Crippen molar-refractivity contribution in [2.45, 2.75) is 34.1 Å². The van der Waals surface area contributed by atoms with Gasteiger partial charge in [0.2, 0.25) is 0 Å². The molecule has 2 nitrogen and oxygen atoms in total. The molecule has 0 fully saturated rings. The van der Waals surface area contributed by atoms with Crippen molar-refractivity contribution >= 4 is 0 Å². The van der Waals surface area contributed by atoms with E-state index in [1.165, 1.54) is 22.3 Å². The maximum atomic E-state index is 4.29. The number of aromatic nitrogens is 2. The fourth-order valence-electron chi connectivity index (χ4n) is 2.23. The Labute approximate surface area is 96.7 Å². The second-order valence-corrected chi connectivity index (χ2v) is 4.60. The second-order valence-electron chi connectivity index (χ2n) is 4.60. The molecular formula is C14H18N2. The molecule has 1 N–H and O–H groups in total. The average Bonchev–Trinajstić information content (AvgIpc) is 2.58. The van der Waals surface area contributed by atoms with Gasteiger partial charge < -0.3 is 0 Å². The normalized spacial score (nSPS) is 10.8. The lowest BCUT2D eigenvalue weighted by Crippen LogP contribution is -1.97. The van der Waals surface area contributed by atoms with E-state index < -0.39 is 0 Å². The first-order valence-corrected chi connectivity index (χ1v) is 5.64. The van der Waals surface area contributed by atoms with E-state index in [0.29, 0.717) is 0 Å². The van der Waals surface area contributed by atoms with Gasteiger partial charge in [-0.2, -0.15) is 5.10 Å². The van der Waals surface area contributed by atoms with Crippen LogP contribution in [-0.2, 0) is 6.42 Å². The molecule has 2 rings (SSSR count). The molecule has 0 aliphatic rings. The van der Waals surface area contributed by atoms with Gasteiger partial charge in [0.1, 0.15) is 0 Å². The monoisotopic (exact) mass is 214 g/mol. The third-order valence-electron chi connectivity index (χ3n) is 2.96. The predicted octanol–water partition coefficient (Wildman–Crippen LogP) is 3.23. The highest BCUT2D eigenvalue weighted by atomic mass is 15.1. The number of rotatable bonds is 2. The molecule has 0 spiro atoms. The Morgan fingerprint density at radius 3 is 2.12 bits per heavy atom. The number of aromatic amines is 1. The van der Waals surface area contributed by atoms with Gasteiger partial charge in [0, 0.05) is 12.1 Å². The molecular weight excluding hydrogens is 196 g/mol. The highest BCUT2D eigenvalue weighted by Gasteiger charge is 2.06. The van der Waals surface area contributed by atoms with Crippen molar-refractivity contribution in [1.29, 1.82) is 0 Å². The van der Waals surface area contributed by atoms with Gasteiger partial charge in [-0.15, -0.1) is 0 Å². The smallest absolute Gasteiger partial charge is 0.0668 e. The summed E-state index contributed by atoms with van der Waals surface area (Å²) in [6.07, 6.45) is 0.919. The van der Waals surface area contributed by atoms with E-state index in [1.807, 2.05) is 6.92 Å². The van der Waals surface area contributed by atoms with Crippen LogP contribution in [0.4, 0.5) is 0 Å². The summed E-state index contributed by atoms with van der Waals surface area (Å²) in [5.41, 5.74) is 7.69. The SMILES string of the molecule is Cc1cc(C)c(Cc2cc(C)[nH]n2)c(C)c1. The first-order valence-electron chi connectivity index (χ1n) is 5.64. The Morgan fingerprint density at radius 1 is 1.00 bits per heavy atom. The maximum Gasteiger partial charge on any atom is 0.0668 e. The third-order valence-corrected chi connectivity index (χ3v) is 2.96. The quantitative estimate of drug-likeness (QED) is 0.817. The van der Waals surface area contributed by atoms with Crippen LogP contribution in [0.2, 0.25) is 0 Å². The minimum atomic E-state index is 0.919. The van der Waals surface area contributed by atoms with Crippen molar-refractivity contribution in [3.05, 3.63) is 51.8 Å². The molecule has 1 heterocycles. The summed E-state index contributed by atoms with van der Waals surface area (Å²) >= 11 is 0. The first-order chi connectivity index (χ1) is 7.56. The van der Waals surface area contributed by atoms with Gasteiger partial charge in [-0.25, -0.2) is 0 Å². The van der Waals surface area contributed by atoms with Crippen LogP contribution < -0.4 is 0 Å². The van der Waals surface area contributed by atoms with E-state index in [0.717, 1.165) is 17.8 Å². The van der Waals surface area contributed by atoms with Crippen molar-refractivity contribution < 1.29 is 0 Å². The Morgan fingerprint density at radius 2 is 1.62 bits per heavy atom. The molecule has 0 amide bonds. The Bertz CT molecular complexity index is 486. The van der Waals surface area contributed by atoms with Crippen LogP contribution in [0.15, 0.2) is 18.2 Å². The van der Waals surface area contributed by atoms with Gasteiger partial charge in [0.05, 0.1) is 5.69 Å². The van der Waals surface area contributed by atoms with E-state index in [-0.39, 0.29) is 0 Å². The molecule has 0 aliphatic heterocycles. The van der Waals surface area contributed by atoms with E-state index in [9.17, 15) is 0 Å². The average molecular weight is 214 g/mol. The Hall–Kier alpha value is -1.57. The van der Waals surface area contributed by atoms with E-state index >= 15 is 0 Å². The lowest BCUT2D eigenvalue weighted by atomic mass is 9.96. The van der Waals surface area contributed by atoms with Gasteiger partial charge in [0.15, 0.2) is 0 Å². The van der Waals surface area contributed by atoms with E-state index in [1.54, 1.807) is 0 Å². The van der Waals surface area contributed by atoms with Crippen molar-refractivity contribution in [3.63, 3.8) is 0 Å². The summed E-state index contributed by atoms with van der Waals surface area (Å²) in [6, 6.07) is 6.59. The number of benzene rings is 1. The number of hydrogen-bond donors (Lipinski definition) is 1. The zero-order chi connectivity index (χ0) is 11.7. The second kappa shape index (κ2) is 4.12. The lowest BCUT2D eigenvalue weighted by molar-refractivity contribution is 0.969. The summed E-state index contributed by atoms with van der Waals surface area (Å²) in [7, 11) is 0. The third kappa shape index (κ3) is 2.16. The molecule has 16 heavy (non-hydrogen) atoms. The molecule has 2 heteroatoms. The molecule has 0 saturated heterocycles. The number of hydrogen-bond acceptors (Lipinski definition) is 1. The maximum absolute atomic E-state index is 4.29. The number of nitrogens with zero attached hydrogens (tertiary/aromatic N) is 1. The van der Waals surface area contributed by atoms with E-state index in [4.69, 9.17) is 0 Å². The van der Waals surface area contributed by atoms with Crippen LogP contribution in [0.3, 0.4) is 0 Å². The van der Waals surface area contributed by atoms with Gasteiger partial charge in [-0.1, -0.05) is 17.7 Å². The fourth-order valence-corrected chi connectivity index (χ4v) is 2.23. The zero-order valence-corrected chi connectivity index (χ0v) is 10.4. The standard InChI is InChI=1S/C14H18N2/c1-9-5-10(2)14(11(3)6-9)8-13-7-12(4)15-16-13/h5-7H,8H2,1-4H3,(H,15,16). The largest absolute Gasteiger partial charge is 0.283 e. The summed E-state index contributed by atoms with van der Waals surface area (Å²) in [6.45, 7) is 8.53. The molecule has 0 atom stereocenters. The lowest BCUT2D eigenvalue weighted by Gasteiger charge is -2.09. The van der Waals surface area contributed by atoms with Crippen molar-refractivity contribution in [2.75, 3.05) is 0 Å².